The average Bonchev–Trinajstić information content (AvgIpc) is 3.14. The van der Waals surface area contributed by atoms with Crippen LogP contribution in [0.1, 0.15) is 29.8 Å². The summed E-state index contributed by atoms with van der Waals surface area (Å²) in [6, 6.07) is 12.0. The predicted molar refractivity (Wildman–Crippen MR) is 102 cm³/mol. The summed E-state index contributed by atoms with van der Waals surface area (Å²) in [5.41, 5.74) is 0.961. The van der Waals surface area contributed by atoms with Gasteiger partial charge in [-0.15, -0.1) is 0 Å². The van der Waals surface area contributed by atoms with Crippen molar-refractivity contribution < 1.29 is 28.5 Å². The van der Waals surface area contributed by atoms with Crippen molar-refractivity contribution in [1.29, 1.82) is 0 Å². The van der Waals surface area contributed by atoms with E-state index >= 15 is 0 Å². The van der Waals surface area contributed by atoms with E-state index in [1.165, 1.54) is 13.2 Å². The molecule has 1 N–H and O–H groups in total. The number of fused-ring (bicyclic) bond motifs is 1. The number of carbonyl (C=O) groups excluding carboxylic acids is 2. The Labute approximate surface area is 162 Å². The molecular weight excluding hydrogens is 362 g/mol. The van der Waals surface area contributed by atoms with Gasteiger partial charge in [-0.2, -0.15) is 0 Å². The summed E-state index contributed by atoms with van der Waals surface area (Å²) in [6.07, 6.45) is 1.19. The molecule has 0 saturated carbocycles. The maximum atomic E-state index is 12.7. The minimum atomic E-state index is -0.643. The number of nitrogens with one attached hydrogen (secondary N) is 1. The highest BCUT2D eigenvalue weighted by molar-refractivity contribution is 6.04. The number of para-hydroxylation sites is 1. The van der Waals surface area contributed by atoms with Crippen LogP contribution in [0.4, 0.5) is 0 Å². The normalized spacial score (nSPS) is 12.6. The van der Waals surface area contributed by atoms with E-state index in [2.05, 4.69) is 5.32 Å². The number of hydrogen-bond acceptors (Lipinski definition) is 6. The fourth-order valence-electron chi connectivity index (χ4n) is 2.62. The van der Waals surface area contributed by atoms with E-state index in [1.807, 2.05) is 0 Å². The topological polar surface area (TPSA) is 83.1 Å². The van der Waals surface area contributed by atoms with Crippen molar-refractivity contribution in [2.75, 3.05) is 13.9 Å². The molecule has 0 spiro atoms. The SMILES string of the molecule is COc1ccccc1C(=O)N/C(=C\c1ccc2c(c1)OCO2)C(=O)OC(C)C. The maximum absolute atomic E-state index is 12.7. The second-order valence-electron chi connectivity index (χ2n) is 6.28. The van der Waals surface area contributed by atoms with Crippen LogP contribution in [0.5, 0.6) is 17.2 Å². The third-order valence-electron chi connectivity index (χ3n) is 3.87. The molecule has 2 aromatic rings. The lowest BCUT2D eigenvalue weighted by Gasteiger charge is -2.14. The maximum Gasteiger partial charge on any atom is 0.355 e. The van der Waals surface area contributed by atoms with Gasteiger partial charge in [0, 0.05) is 0 Å². The van der Waals surface area contributed by atoms with Crippen LogP contribution >= 0.6 is 0 Å². The number of benzene rings is 2. The molecule has 0 saturated heterocycles. The number of amides is 1. The quantitative estimate of drug-likeness (QED) is 0.610. The van der Waals surface area contributed by atoms with Gasteiger partial charge in [0.25, 0.3) is 5.91 Å². The molecule has 7 nitrogen and oxygen atoms in total. The van der Waals surface area contributed by atoms with Gasteiger partial charge in [0.15, 0.2) is 11.5 Å². The van der Waals surface area contributed by atoms with Crippen molar-refractivity contribution in [3.05, 3.63) is 59.3 Å². The zero-order valence-corrected chi connectivity index (χ0v) is 15.9. The molecule has 2 aromatic carbocycles. The summed E-state index contributed by atoms with van der Waals surface area (Å²) < 4.78 is 21.1. The van der Waals surface area contributed by atoms with Crippen molar-refractivity contribution in [2.45, 2.75) is 20.0 Å². The van der Waals surface area contributed by atoms with Crippen molar-refractivity contribution in [3.8, 4) is 17.2 Å². The summed E-state index contributed by atoms with van der Waals surface area (Å²) in [5, 5.41) is 2.62. The first-order valence-electron chi connectivity index (χ1n) is 8.74. The summed E-state index contributed by atoms with van der Waals surface area (Å²) in [7, 11) is 1.47. The summed E-state index contributed by atoms with van der Waals surface area (Å²) in [5.74, 6) is 0.476. The third-order valence-corrected chi connectivity index (χ3v) is 3.87. The Morgan fingerprint density at radius 1 is 1.11 bits per heavy atom. The van der Waals surface area contributed by atoms with E-state index in [4.69, 9.17) is 18.9 Å². The molecule has 0 aromatic heterocycles. The van der Waals surface area contributed by atoms with Crippen molar-refractivity contribution in [3.63, 3.8) is 0 Å². The molecule has 1 aliphatic rings. The lowest BCUT2D eigenvalue weighted by Crippen LogP contribution is -2.30. The van der Waals surface area contributed by atoms with Crippen molar-refractivity contribution in [2.24, 2.45) is 0 Å². The van der Waals surface area contributed by atoms with Gasteiger partial charge in [-0.25, -0.2) is 4.79 Å². The Hall–Kier alpha value is -3.48. The molecule has 0 fully saturated rings. The molecule has 3 rings (SSSR count). The lowest BCUT2D eigenvalue weighted by molar-refractivity contribution is -0.142. The lowest BCUT2D eigenvalue weighted by atomic mass is 10.1. The van der Waals surface area contributed by atoms with Gasteiger partial charge in [-0.05, 0) is 49.8 Å². The minimum absolute atomic E-state index is 0.00321. The standard InChI is InChI=1S/C21H21NO6/c1-13(2)28-21(24)16(10-14-8-9-18-19(11-14)27-12-26-18)22-20(23)15-6-4-5-7-17(15)25-3/h4-11,13H,12H2,1-3H3,(H,22,23)/b16-10-. The molecule has 0 radical (unpaired) electrons. The largest absolute Gasteiger partial charge is 0.496 e. The van der Waals surface area contributed by atoms with E-state index in [-0.39, 0.29) is 18.6 Å². The monoisotopic (exact) mass is 383 g/mol. The molecule has 0 bridgehead atoms. The fourth-order valence-corrected chi connectivity index (χ4v) is 2.62. The molecule has 0 atom stereocenters. The zero-order chi connectivity index (χ0) is 20.1. The molecular formula is C21H21NO6. The number of hydrogen-bond donors (Lipinski definition) is 1. The van der Waals surface area contributed by atoms with Crippen molar-refractivity contribution >= 4 is 18.0 Å². The molecule has 28 heavy (non-hydrogen) atoms. The Balaban J connectivity index is 1.90. The molecule has 146 valence electrons. The Kier molecular flexibility index (Phi) is 5.84. The highest BCUT2D eigenvalue weighted by Crippen LogP contribution is 2.33. The van der Waals surface area contributed by atoms with E-state index in [1.54, 1.807) is 56.3 Å². The Morgan fingerprint density at radius 3 is 2.61 bits per heavy atom. The van der Waals surface area contributed by atoms with E-state index < -0.39 is 11.9 Å². The number of esters is 1. The van der Waals surface area contributed by atoms with Crippen LogP contribution in [0.15, 0.2) is 48.2 Å². The second kappa shape index (κ2) is 8.47. The molecule has 0 aliphatic carbocycles. The smallest absolute Gasteiger partial charge is 0.355 e. The number of rotatable bonds is 6. The number of carbonyl (C=O) groups is 2. The summed E-state index contributed by atoms with van der Waals surface area (Å²) >= 11 is 0. The number of methoxy groups -OCH3 is 1. The van der Waals surface area contributed by atoms with Gasteiger partial charge in [-0.3, -0.25) is 4.79 Å². The van der Waals surface area contributed by atoms with Crippen LogP contribution in [0, 0.1) is 0 Å². The van der Waals surface area contributed by atoms with Crippen LogP contribution in [0.25, 0.3) is 6.08 Å². The highest BCUT2D eigenvalue weighted by Gasteiger charge is 2.20. The average molecular weight is 383 g/mol. The van der Waals surface area contributed by atoms with E-state index in [0.29, 0.717) is 28.4 Å². The van der Waals surface area contributed by atoms with Crippen LogP contribution in [0.3, 0.4) is 0 Å². The van der Waals surface area contributed by atoms with Crippen LogP contribution in [-0.2, 0) is 9.53 Å². The van der Waals surface area contributed by atoms with Crippen molar-refractivity contribution in [1.82, 2.24) is 5.32 Å². The van der Waals surface area contributed by atoms with Gasteiger partial charge in [-0.1, -0.05) is 18.2 Å². The van der Waals surface area contributed by atoms with Gasteiger partial charge < -0.3 is 24.3 Å². The van der Waals surface area contributed by atoms with E-state index in [9.17, 15) is 9.59 Å². The molecule has 0 unspecified atom stereocenters. The first kappa shape index (κ1) is 19.3. The summed E-state index contributed by atoms with van der Waals surface area (Å²) in [6.45, 7) is 3.62. The van der Waals surface area contributed by atoms with Gasteiger partial charge >= 0.3 is 5.97 Å². The van der Waals surface area contributed by atoms with Gasteiger partial charge in [0.2, 0.25) is 6.79 Å². The van der Waals surface area contributed by atoms with Gasteiger partial charge in [0.1, 0.15) is 11.4 Å². The summed E-state index contributed by atoms with van der Waals surface area (Å²) in [4.78, 5) is 25.2. The third kappa shape index (κ3) is 4.43. The molecule has 1 heterocycles. The Bertz CT molecular complexity index is 919. The Morgan fingerprint density at radius 2 is 1.86 bits per heavy atom. The van der Waals surface area contributed by atoms with Crippen LogP contribution in [-0.4, -0.2) is 31.9 Å². The molecule has 7 heteroatoms. The first-order chi connectivity index (χ1) is 13.5. The first-order valence-corrected chi connectivity index (χ1v) is 8.74. The molecule has 1 aliphatic heterocycles. The number of ether oxygens (including phenoxy) is 4. The van der Waals surface area contributed by atoms with E-state index in [0.717, 1.165) is 0 Å². The second-order valence-corrected chi connectivity index (χ2v) is 6.28. The molecule has 1 amide bonds. The fraction of sp³-hybridized carbons (Fsp3) is 0.238. The highest BCUT2D eigenvalue weighted by atomic mass is 16.7. The zero-order valence-electron chi connectivity index (χ0n) is 15.9. The minimum Gasteiger partial charge on any atom is -0.496 e. The van der Waals surface area contributed by atoms with Gasteiger partial charge in [0.05, 0.1) is 18.8 Å². The van der Waals surface area contributed by atoms with Crippen LogP contribution < -0.4 is 19.5 Å². The van der Waals surface area contributed by atoms with Crippen LogP contribution in [0.2, 0.25) is 0 Å². The predicted octanol–water partition coefficient (Wildman–Crippen LogP) is 3.15.